The molecule has 1 rings (SSSR count). The fourth-order valence-corrected chi connectivity index (χ4v) is 1.80. The van der Waals surface area contributed by atoms with Crippen molar-refractivity contribution in [2.24, 2.45) is 11.7 Å². The molecule has 2 N–H and O–H groups in total. The van der Waals surface area contributed by atoms with E-state index >= 15 is 0 Å². The molecule has 2 unspecified atom stereocenters. The maximum absolute atomic E-state index is 13.1. The van der Waals surface area contributed by atoms with Gasteiger partial charge in [0, 0.05) is 17.7 Å². The molecule has 0 fully saturated rings. The highest BCUT2D eigenvalue weighted by atomic mass is 19.1. The van der Waals surface area contributed by atoms with Gasteiger partial charge in [0.25, 0.3) is 5.69 Å². The molecule has 94 valence electrons. The Kier molecular flexibility index (Phi) is 4.57. The number of nitrogens with zero attached hydrogens (tertiary/aromatic N) is 1. The highest BCUT2D eigenvalue weighted by Gasteiger charge is 2.19. The van der Waals surface area contributed by atoms with Crippen LogP contribution in [0, 0.1) is 21.8 Å². The molecule has 1 aromatic rings. The van der Waals surface area contributed by atoms with E-state index in [0.29, 0.717) is 12.0 Å². The Morgan fingerprint density at radius 3 is 2.71 bits per heavy atom. The normalized spacial score (nSPS) is 14.4. The summed E-state index contributed by atoms with van der Waals surface area (Å²) in [5.74, 6) is -0.372. The lowest BCUT2D eigenvalue weighted by molar-refractivity contribution is -0.385. The topological polar surface area (TPSA) is 69.2 Å². The van der Waals surface area contributed by atoms with E-state index in [4.69, 9.17) is 5.73 Å². The van der Waals surface area contributed by atoms with E-state index < -0.39 is 10.7 Å². The minimum Gasteiger partial charge on any atom is -0.327 e. The molecule has 4 nitrogen and oxygen atoms in total. The van der Waals surface area contributed by atoms with Crippen LogP contribution in [-0.2, 0) is 6.42 Å². The highest BCUT2D eigenvalue weighted by Crippen LogP contribution is 2.23. The van der Waals surface area contributed by atoms with Crippen molar-refractivity contribution in [1.82, 2.24) is 0 Å². The van der Waals surface area contributed by atoms with Gasteiger partial charge in [0.1, 0.15) is 5.82 Å². The van der Waals surface area contributed by atoms with Crippen LogP contribution in [0.4, 0.5) is 10.1 Å². The minimum atomic E-state index is -0.487. The fourth-order valence-electron chi connectivity index (χ4n) is 1.80. The van der Waals surface area contributed by atoms with E-state index in [1.807, 2.05) is 13.8 Å². The van der Waals surface area contributed by atoms with Crippen molar-refractivity contribution in [2.45, 2.75) is 32.7 Å². The number of nitrogens with two attached hydrogens (primary N) is 1. The van der Waals surface area contributed by atoms with Crippen LogP contribution in [0.2, 0.25) is 0 Å². The summed E-state index contributed by atoms with van der Waals surface area (Å²) in [5.41, 5.74) is 6.23. The second kappa shape index (κ2) is 5.72. The third-order valence-corrected chi connectivity index (χ3v) is 2.98. The van der Waals surface area contributed by atoms with Gasteiger partial charge >= 0.3 is 0 Å². The first-order valence-corrected chi connectivity index (χ1v) is 5.64. The summed E-state index contributed by atoms with van der Waals surface area (Å²) in [6.45, 7) is 3.88. The molecule has 0 aromatic heterocycles. The number of hydrogen-bond donors (Lipinski definition) is 1. The number of halogens is 1. The van der Waals surface area contributed by atoms with Crippen molar-refractivity contribution >= 4 is 5.69 Å². The Bertz CT molecular complexity index is 409. The molecule has 0 aliphatic carbocycles. The molecule has 0 aliphatic rings. The molecule has 0 spiro atoms. The third-order valence-electron chi connectivity index (χ3n) is 2.98. The molecule has 0 amide bonds. The van der Waals surface area contributed by atoms with E-state index in [1.165, 1.54) is 12.1 Å². The number of rotatable bonds is 5. The first-order chi connectivity index (χ1) is 7.95. The Balaban J connectivity index is 2.96. The van der Waals surface area contributed by atoms with Gasteiger partial charge in [-0.2, -0.15) is 0 Å². The molecule has 1 aromatic carbocycles. The van der Waals surface area contributed by atoms with Gasteiger partial charge in [-0.15, -0.1) is 0 Å². The predicted octanol–water partition coefficient (Wildman–Crippen LogP) is 2.65. The molecule has 5 heteroatoms. The van der Waals surface area contributed by atoms with Crippen LogP contribution in [0.15, 0.2) is 18.2 Å². The van der Waals surface area contributed by atoms with E-state index in [9.17, 15) is 14.5 Å². The summed E-state index contributed by atoms with van der Waals surface area (Å²) in [7, 11) is 0. The van der Waals surface area contributed by atoms with Crippen LogP contribution < -0.4 is 5.73 Å². The molecule has 0 radical (unpaired) electrons. The number of hydrogen-bond acceptors (Lipinski definition) is 3. The largest absolute Gasteiger partial charge is 0.327 e. The smallest absolute Gasteiger partial charge is 0.272 e. The van der Waals surface area contributed by atoms with E-state index in [2.05, 4.69) is 0 Å². The van der Waals surface area contributed by atoms with E-state index in [-0.39, 0.29) is 17.6 Å². The van der Waals surface area contributed by atoms with Crippen molar-refractivity contribution in [3.8, 4) is 0 Å². The van der Waals surface area contributed by atoms with Crippen molar-refractivity contribution in [3.05, 3.63) is 39.7 Å². The van der Waals surface area contributed by atoms with Gasteiger partial charge in [-0.05, 0) is 30.9 Å². The lowest BCUT2D eigenvalue weighted by Crippen LogP contribution is -2.28. The first kappa shape index (κ1) is 13.6. The summed E-state index contributed by atoms with van der Waals surface area (Å²) >= 11 is 0. The summed E-state index contributed by atoms with van der Waals surface area (Å²) in [6, 6.07) is 3.50. The maximum atomic E-state index is 13.1. The summed E-state index contributed by atoms with van der Waals surface area (Å²) in [6.07, 6.45) is 1.22. The quantitative estimate of drug-likeness (QED) is 0.635. The molecule has 0 bridgehead atoms. The molecular weight excluding hydrogens is 223 g/mol. The fraction of sp³-hybridized carbons (Fsp3) is 0.500. The zero-order valence-corrected chi connectivity index (χ0v) is 10.0. The van der Waals surface area contributed by atoms with Crippen molar-refractivity contribution in [3.63, 3.8) is 0 Å². The van der Waals surface area contributed by atoms with Crippen LogP contribution in [-0.4, -0.2) is 11.0 Å². The maximum Gasteiger partial charge on any atom is 0.272 e. The Hall–Kier alpha value is -1.49. The van der Waals surface area contributed by atoms with Gasteiger partial charge in [-0.25, -0.2) is 4.39 Å². The van der Waals surface area contributed by atoms with Gasteiger partial charge in [0.15, 0.2) is 0 Å². The van der Waals surface area contributed by atoms with E-state index in [1.54, 1.807) is 0 Å². The van der Waals surface area contributed by atoms with Crippen LogP contribution in [0.5, 0.6) is 0 Å². The second-order valence-electron chi connectivity index (χ2n) is 4.28. The average Bonchev–Trinajstić information content (AvgIpc) is 2.27. The molecule has 0 aliphatic heterocycles. The van der Waals surface area contributed by atoms with Crippen LogP contribution in [0.3, 0.4) is 0 Å². The number of benzene rings is 1. The van der Waals surface area contributed by atoms with Crippen molar-refractivity contribution < 1.29 is 9.31 Å². The molecule has 2 atom stereocenters. The van der Waals surface area contributed by atoms with Gasteiger partial charge in [0.05, 0.1) is 4.92 Å². The van der Waals surface area contributed by atoms with Gasteiger partial charge < -0.3 is 5.73 Å². The van der Waals surface area contributed by atoms with Gasteiger partial charge in [0.2, 0.25) is 0 Å². The number of nitro groups is 1. The third kappa shape index (κ3) is 3.49. The summed E-state index contributed by atoms with van der Waals surface area (Å²) in [5, 5.41) is 10.8. The Labute approximate surface area is 99.8 Å². The summed E-state index contributed by atoms with van der Waals surface area (Å²) < 4.78 is 13.1. The minimum absolute atomic E-state index is 0.0297. The lowest BCUT2D eigenvalue weighted by atomic mass is 9.92. The SMILES string of the molecule is CCC(N)C(C)Cc1cc(F)ccc1[N+](=O)[O-]. The van der Waals surface area contributed by atoms with Crippen LogP contribution in [0.25, 0.3) is 0 Å². The monoisotopic (exact) mass is 240 g/mol. The molecule has 0 saturated carbocycles. The molecule has 0 saturated heterocycles. The highest BCUT2D eigenvalue weighted by molar-refractivity contribution is 5.40. The van der Waals surface area contributed by atoms with Crippen LogP contribution in [0.1, 0.15) is 25.8 Å². The van der Waals surface area contributed by atoms with Gasteiger partial charge in [-0.1, -0.05) is 13.8 Å². The van der Waals surface area contributed by atoms with Crippen LogP contribution >= 0.6 is 0 Å². The number of nitro benzene ring substituents is 1. The Morgan fingerprint density at radius 1 is 1.53 bits per heavy atom. The zero-order chi connectivity index (χ0) is 13.0. The first-order valence-electron chi connectivity index (χ1n) is 5.64. The van der Waals surface area contributed by atoms with Crippen molar-refractivity contribution in [2.75, 3.05) is 0 Å². The molecule has 0 heterocycles. The molecular formula is C12H17FN2O2. The lowest BCUT2D eigenvalue weighted by Gasteiger charge is -2.18. The second-order valence-corrected chi connectivity index (χ2v) is 4.28. The average molecular weight is 240 g/mol. The summed E-state index contributed by atoms with van der Waals surface area (Å²) in [4.78, 5) is 10.3. The Morgan fingerprint density at radius 2 is 2.18 bits per heavy atom. The predicted molar refractivity (Wildman–Crippen MR) is 64.2 cm³/mol. The van der Waals surface area contributed by atoms with Gasteiger partial charge in [-0.3, -0.25) is 10.1 Å². The molecule has 17 heavy (non-hydrogen) atoms. The standard InChI is InChI=1S/C12H17FN2O2/c1-3-11(14)8(2)6-9-7-10(13)4-5-12(9)15(16)17/h4-5,7-8,11H,3,6,14H2,1-2H3. The van der Waals surface area contributed by atoms with E-state index in [0.717, 1.165) is 12.5 Å². The van der Waals surface area contributed by atoms with Crippen molar-refractivity contribution in [1.29, 1.82) is 0 Å². The zero-order valence-electron chi connectivity index (χ0n) is 10.0.